The van der Waals surface area contributed by atoms with Gasteiger partial charge in [0.15, 0.2) is 0 Å². The smallest absolute Gasteiger partial charge is 0.321 e. The molecule has 2 aromatic carbocycles. The van der Waals surface area contributed by atoms with Crippen molar-refractivity contribution in [3.8, 4) is 0 Å². The highest BCUT2D eigenvalue weighted by Crippen LogP contribution is 2.16. The van der Waals surface area contributed by atoms with E-state index in [1.807, 2.05) is 30.3 Å². The van der Waals surface area contributed by atoms with Crippen molar-refractivity contribution in [1.29, 1.82) is 0 Å². The molecule has 2 rings (SSSR count). The van der Waals surface area contributed by atoms with E-state index in [-0.39, 0.29) is 19.6 Å². The molecule has 0 aliphatic carbocycles. The Morgan fingerprint density at radius 3 is 2.31 bits per heavy atom. The van der Waals surface area contributed by atoms with Gasteiger partial charge in [0, 0.05) is 23.8 Å². The van der Waals surface area contributed by atoms with Crippen LogP contribution in [0.2, 0.25) is 5.02 Å². The van der Waals surface area contributed by atoms with Gasteiger partial charge in [-0.2, -0.15) is 0 Å². The zero-order valence-corrected chi connectivity index (χ0v) is 14.9. The first-order valence-corrected chi connectivity index (χ1v) is 8.54. The minimum Gasteiger partial charge on any atom is -0.480 e. The third-order valence-corrected chi connectivity index (χ3v) is 4.10. The van der Waals surface area contributed by atoms with E-state index >= 15 is 0 Å². The quantitative estimate of drug-likeness (QED) is 0.626. The van der Waals surface area contributed by atoms with Crippen molar-refractivity contribution in [1.82, 2.24) is 4.90 Å². The molecule has 1 atom stereocenters. The number of nitrogens with zero attached hydrogens (tertiary/aromatic N) is 1. The normalized spacial score (nSPS) is 12.0. The average molecular weight is 377 g/mol. The van der Waals surface area contributed by atoms with Gasteiger partial charge in [-0.25, -0.2) is 0 Å². The molecule has 6 nitrogen and oxygen atoms in total. The zero-order valence-electron chi connectivity index (χ0n) is 14.1. The molecule has 0 fully saturated rings. The second-order valence-electron chi connectivity index (χ2n) is 5.79. The Morgan fingerprint density at radius 2 is 1.73 bits per heavy atom. The van der Waals surface area contributed by atoms with Crippen LogP contribution in [0.1, 0.15) is 12.0 Å². The van der Waals surface area contributed by atoms with E-state index in [0.29, 0.717) is 17.3 Å². The van der Waals surface area contributed by atoms with Gasteiger partial charge >= 0.3 is 5.97 Å². The van der Waals surface area contributed by atoms with E-state index in [1.165, 1.54) is 0 Å². The summed E-state index contributed by atoms with van der Waals surface area (Å²) in [5.74, 6) is -1.53. The van der Waals surface area contributed by atoms with Gasteiger partial charge in [0.05, 0.1) is 13.0 Å². The Morgan fingerprint density at radius 1 is 1.08 bits per heavy atom. The number of amides is 1. The second-order valence-corrected chi connectivity index (χ2v) is 6.23. The monoisotopic (exact) mass is 376 g/mol. The van der Waals surface area contributed by atoms with Gasteiger partial charge in [0.2, 0.25) is 5.91 Å². The maximum atomic E-state index is 12.3. The van der Waals surface area contributed by atoms with E-state index < -0.39 is 17.9 Å². The minimum absolute atomic E-state index is 0.153. The SMILES string of the molecule is O=C(C[C@@H](C(=O)O)N(CCO)Cc1ccccc1)Nc1ccc(Cl)cc1. The van der Waals surface area contributed by atoms with Crippen molar-refractivity contribution in [2.75, 3.05) is 18.5 Å². The lowest BCUT2D eigenvalue weighted by molar-refractivity contribution is -0.145. The summed E-state index contributed by atoms with van der Waals surface area (Å²) in [6.45, 7) is 0.280. The van der Waals surface area contributed by atoms with Gasteiger partial charge in [0.25, 0.3) is 0 Å². The van der Waals surface area contributed by atoms with Crippen LogP contribution in [-0.2, 0) is 16.1 Å². The van der Waals surface area contributed by atoms with Crippen LogP contribution in [0.4, 0.5) is 5.69 Å². The number of halogens is 1. The number of aliphatic hydroxyl groups is 1. The van der Waals surface area contributed by atoms with Crippen molar-refractivity contribution in [3.63, 3.8) is 0 Å². The fraction of sp³-hybridized carbons (Fsp3) is 0.263. The standard InChI is InChI=1S/C19H21ClN2O4/c20-15-6-8-16(9-7-15)21-18(24)12-17(19(25)26)22(10-11-23)13-14-4-2-1-3-5-14/h1-9,17,23H,10-13H2,(H,21,24)(H,25,26)/t17-/m0/s1. The first-order valence-electron chi connectivity index (χ1n) is 8.16. The zero-order chi connectivity index (χ0) is 18.9. The molecule has 26 heavy (non-hydrogen) atoms. The molecule has 138 valence electrons. The highest BCUT2D eigenvalue weighted by atomic mass is 35.5. The Labute approximate surface area is 157 Å². The summed E-state index contributed by atoms with van der Waals surface area (Å²) < 4.78 is 0. The van der Waals surface area contributed by atoms with Crippen LogP contribution in [0.3, 0.4) is 0 Å². The molecule has 0 spiro atoms. The topological polar surface area (TPSA) is 89.9 Å². The van der Waals surface area contributed by atoms with Crippen LogP contribution in [0.5, 0.6) is 0 Å². The first-order chi connectivity index (χ1) is 12.5. The summed E-state index contributed by atoms with van der Waals surface area (Å²) in [7, 11) is 0. The van der Waals surface area contributed by atoms with Crippen molar-refractivity contribution in [3.05, 3.63) is 65.2 Å². The number of hydrogen-bond donors (Lipinski definition) is 3. The Balaban J connectivity index is 2.07. The van der Waals surface area contributed by atoms with Crippen LogP contribution < -0.4 is 5.32 Å². The summed E-state index contributed by atoms with van der Waals surface area (Å²) in [5, 5.41) is 22.1. The molecule has 1 amide bonds. The number of nitrogens with one attached hydrogen (secondary N) is 1. The number of hydrogen-bond acceptors (Lipinski definition) is 4. The number of carbonyl (C=O) groups excluding carboxylic acids is 1. The van der Waals surface area contributed by atoms with Gasteiger partial charge in [-0.3, -0.25) is 14.5 Å². The van der Waals surface area contributed by atoms with Crippen LogP contribution in [0, 0.1) is 0 Å². The fourth-order valence-corrected chi connectivity index (χ4v) is 2.71. The van der Waals surface area contributed by atoms with E-state index in [0.717, 1.165) is 5.56 Å². The lowest BCUT2D eigenvalue weighted by Crippen LogP contribution is -2.44. The second kappa shape index (κ2) is 9.91. The fourth-order valence-electron chi connectivity index (χ4n) is 2.58. The van der Waals surface area contributed by atoms with Gasteiger partial charge < -0.3 is 15.5 Å². The number of aliphatic hydroxyl groups excluding tert-OH is 1. The Hall–Kier alpha value is -2.41. The molecular weight excluding hydrogens is 356 g/mol. The molecule has 2 aromatic rings. The lowest BCUT2D eigenvalue weighted by Gasteiger charge is -2.28. The number of benzene rings is 2. The van der Waals surface area contributed by atoms with Gasteiger partial charge in [-0.05, 0) is 29.8 Å². The number of carboxylic acids is 1. The first kappa shape index (κ1) is 19.9. The van der Waals surface area contributed by atoms with Crippen LogP contribution >= 0.6 is 11.6 Å². The third kappa shape index (κ3) is 6.15. The minimum atomic E-state index is -1.11. The number of anilines is 1. The molecule has 3 N–H and O–H groups in total. The molecule has 0 heterocycles. The van der Waals surface area contributed by atoms with Crippen LogP contribution in [-0.4, -0.2) is 46.2 Å². The predicted molar refractivity (Wildman–Crippen MR) is 100 cm³/mol. The average Bonchev–Trinajstić information content (AvgIpc) is 2.62. The van der Waals surface area contributed by atoms with Crippen molar-refractivity contribution in [2.45, 2.75) is 19.0 Å². The van der Waals surface area contributed by atoms with Crippen LogP contribution in [0.25, 0.3) is 0 Å². The Kier molecular flexibility index (Phi) is 7.59. The highest BCUT2D eigenvalue weighted by Gasteiger charge is 2.28. The summed E-state index contributed by atoms with van der Waals surface area (Å²) in [6.07, 6.45) is -0.231. The molecule has 7 heteroatoms. The molecule has 0 saturated heterocycles. The largest absolute Gasteiger partial charge is 0.480 e. The van der Waals surface area contributed by atoms with E-state index in [9.17, 15) is 19.8 Å². The molecule has 0 radical (unpaired) electrons. The van der Waals surface area contributed by atoms with Crippen LogP contribution in [0.15, 0.2) is 54.6 Å². The molecule has 0 aromatic heterocycles. The highest BCUT2D eigenvalue weighted by molar-refractivity contribution is 6.30. The van der Waals surface area contributed by atoms with Crippen molar-refractivity contribution < 1.29 is 19.8 Å². The van der Waals surface area contributed by atoms with Gasteiger partial charge in [0.1, 0.15) is 6.04 Å². The molecule has 0 unspecified atom stereocenters. The van der Waals surface area contributed by atoms with E-state index in [1.54, 1.807) is 29.2 Å². The third-order valence-electron chi connectivity index (χ3n) is 3.85. The van der Waals surface area contributed by atoms with Gasteiger partial charge in [-0.1, -0.05) is 41.9 Å². The number of rotatable bonds is 9. The maximum Gasteiger partial charge on any atom is 0.321 e. The van der Waals surface area contributed by atoms with Crippen molar-refractivity contribution >= 4 is 29.2 Å². The number of aliphatic carboxylic acids is 1. The molecule has 0 saturated carbocycles. The number of carbonyl (C=O) groups is 2. The summed E-state index contributed by atoms with van der Waals surface area (Å²) >= 11 is 5.81. The summed E-state index contributed by atoms with van der Waals surface area (Å²) in [4.78, 5) is 25.6. The number of carboxylic acid groups (broad SMARTS) is 1. The van der Waals surface area contributed by atoms with E-state index in [4.69, 9.17) is 11.6 Å². The van der Waals surface area contributed by atoms with Gasteiger partial charge in [-0.15, -0.1) is 0 Å². The molecule has 0 aliphatic heterocycles. The summed E-state index contributed by atoms with van der Waals surface area (Å²) in [5.41, 5.74) is 1.45. The lowest BCUT2D eigenvalue weighted by atomic mass is 10.1. The Bertz CT molecular complexity index is 722. The predicted octanol–water partition coefficient (Wildman–Crippen LogP) is 2.62. The maximum absolute atomic E-state index is 12.3. The van der Waals surface area contributed by atoms with Crippen molar-refractivity contribution in [2.24, 2.45) is 0 Å². The molecule has 0 bridgehead atoms. The summed E-state index contributed by atoms with van der Waals surface area (Å²) in [6, 6.07) is 14.8. The van der Waals surface area contributed by atoms with E-state index in [2.05, 4.69) is 5.32 Å². The molecular formula is C19H21ClN2O4. The molecule has 0 aliphatic rings.